The van der Waals surface area contributed by atoms with Gasteiger partial charge in [-0.1, -0.05) is 0 Å². The van der Waals surface area contributed by atoms with E-state index >= 15 is 0 Å². The van der Waals surface area contributed by atoms with Crippen molar-refractivity contribution in [2.75, 3.05) is 17.2 Å². The summed E-state index contributed by atoms with van der Waals surface area (Å²) < 4.78 is 0. The van der Waals surface area contributed by atoms with Crippen LogP contribution in [-0.4, -0.2) is 26.1 Å². The van der Waals surface area contributed by atoms with E-state index in [0.717, 1.165) is 0 Å². The van der Waals surface area contributed by atoms with Crippen LogP contribution < -0.4 is 40.1 Å². The Kier molecular flexibility index (Phi) is 8.55. The maximum absolute atomic E-state index is 9.00. The van der Waals surface area contributed by atoms with Crippen molar-refractivity contribution in [3.63, 3.8) is 0 Å². The van der Waals surface area contributed by atoms with Crippen molar-refractivity contribution < 1.29 is 4.79 Å². The van der Waals surface area contributed by atoms with Gasteiger partial charge < -0.3 is 40.1 Å². The van der Waals surface area contributed by atoms with Gasteiger partial charge in [0, 0.05) is 0 Å². The second-order valence-corrected chi connectivity index (χ2v) is 2.69. The average Bonchev–Trinajstić information content (AvgIpc) is 1.96. The molecule has 2 amide bonds. The first kappa shape index (κ1) is 16.8. The smallest absolute Gasteiger partial charge is 0.309 e. The van der Waals surface area contributed by atoms with Crippen LogP contribution in [0.25, 0.3) is 0 Å². The van der Waals surface area contributed by atoms with Crippen molar-refractivity contribution in [1.82, 2.24) is 15.0 Å². The molecule has 0 aromatic carbocycles. The number of primary amides is 2. The molecule has 0 bridgehead atoms. The minimum Gasteiger partial charge on any atom is -0.377 e. The third kappa shape index (κ3) is 19.7. The fourth-order valence-corrected chi connectivity index (χ4v) is 0.427. The third-order valence-electron chi connectivity index (χ3n) is 0.687. The summed E-state index contributed by atoms with van der Waals surface area (Å²) in [5.74, 6) is 0.125. The minimum absolute atomic E-state index is 0.000000000000000222. The van der Waals surface area contributed by atoms with Crippen LogP contribution >= 0.6 is 12.2 Å². The highest BCUT2D eigenvalue weighted by atomic mass is 32.1. The molecule has 0 aliphatic carbocycles. The zero-order valence-electron chi connectivity index (χ0n) is 8.70. The molecule has 0 aliphatic rings. The minimum atomic E-state index is -0.833. The fraction of sp³-hybridized carbons (Fsp3) is 0. The van der Waals surface area contributed by atoms with E-state index in [4.69, 9.17) is 22.0 Å². The lowest BCUT2D eigenvalue weighted by Crippen LogP contribution is -2.18. The highest BCUT2D eigenvalue weighted by molar-refractivity contribution is 7.80. The van der Waals surface area contributed by atoms with Crippen molar-refractivity contribution >= 4 is 41.2 Å². The van der Waals surface area contributed by atoms with Gasteiger partial charge >= 0.3 is 6.03 Å². The fourth-order valence-electron chi connectivity index (χ4n) is 0.427. The van der Waals surface area contributed by atoms with Gasteiger partial charge in [0.2, 0.25) is 17.8 Å². The van der Waals surface area contributed by atoms with E-state index < -0.39 is 6.03 Å². The first-order valence-electron chi connectivity index (χ1n) is 3.77. The first-order chi connectivity index (χ1) is 7.65. The predicted octanol–water partition coefficient (Wildman–Crippen LogP) is -3.17. The Balaban J connectivity index is 0. The molecule has 0 saturated heterocycles. The number of hydrogen-bond acceptors (Lipinski definition) is 8. The number of amides is 2. The van der Waals surface area contributed by atoms with Crippen LogP contribution in [0, 0.1) is 0 Å². The summed E-state index contributed by atoms with van der Waals surface area (Å²) in [4.78, 5) is 19.5. The van der Waals surface area contributed by atoms with E-state index in [1.807, 2.05) is 0 Å². The number of urea groups is 1. The van der Waals surface area contributed by atoms with Gasteiger partial charge in [-0.2, -0.15) is 15.0 Å². The van der Waals surface area contributed by atoms with Crippen LogP contribution in [0.15, 0.2) is 0 Å². The van der Waals surface area contributed by atoms with Crippen molar-refractivity contribution in [2.45, 2.75) is 0 Å². The lowest BCUT2D eigenvalue weighted by Gasteiger charge is -1.93. The first-order valence-corrected chi connectivity index (χ1v) is 4.18. The number of aromatic nitrogens is 3. The molecule has 1 aromatic heterocycles. The van der Waals surface area contributed by atoms with Gasteiger partial charge in [-0.05, 0) is 12.2 Å². The monoisotopic (exact) mass is 262 g/mol. The number of hydrogen-bond donors (Lipinski definition) is 7. The number of rotatable bonds is 0. The quantitative estimate of drug-likeness (QED) is 0.231. The molecule has 0 fully saturated rings. The normalized spacial score (nSPS) is 7.76. The lowest BCUT2D eigenvalue weighted by atomic mass is 10.9. The van der Waals surface area contributed by atoms with Crippen LogP contribution in [0.4, 0.5) is 22.6 Å². The molecular weight excluding hydrogens is 248 g/mol. The van der Waals surface area contributed by atoms with E-state index in [2.05, 4.69) is 50.1 Å². The summed E-state index contributed by atoms with van der Waals surface area (Å²) in [6.07, 6.45) is 0. The molecule has 1 rings (SSSR count). The number of nitrogens with two attached hydrogens (primary N) is 7. The number of nitrogen functional groups attached to an aromatic ring is 3. The molecule has 11 nitrogen and oxygen atoms in total. The molecule has 14 N–H and O–H groups in total. The van der Waals surface area contributed by atoms with Crippen molar-refractivity contribution in [3.05, 3.63) is 0 Å². The molecule has 1 aromatic rings. The Morgan fingerprint density at radius 2 is 0.941 bits per heavy atom. The molecular formula is C5H14N10OS. The standard InChI is InChI=1S/C3H6N6.CH4N2O.CH4N2S/c4-1-7-2(5)9-3(6)8-1;2*2-1(3)4/h(H6,4,5,6,7,8,9);2*(H4,2,3,4). The Bertz CT molecular complexity index is 310. The average molecular weight is 262 g/mol. The topological polar surface area (TPSA) is 238 Å². The van der Waals surface area contributed by atoms with Gasteiger partial charge in [-0.25, -0.2) is 4.79 Å². The van der Waals surface area contributed by atoms with Crippen molar-refractivity contribution in [2.24, 2.45) is 22.9 Å². The van der Waals surface area contributed by atoms with E-state index in [-0.39, 0.29) is 23.0 Å². The van der Waals surface area contributed by atoms with E-state index in [1.165, 1.54) is 0 Å². The van der Waals surface area contributed by atoms with Gasteiger partial charge in [0.15, 0.2) is 5.11 Å². The van der Waals surface area contributed by atoms with E-state index in [0.29, 0.717) is 0 Å². The summed E-state index contributed by atoms with van der Waals surface area (Å²) in [6.45, 7) is 0. The molecule has 1 heterocycles. The molecule has 96 valence electrons. The molecule has 0 radical (unpaired) electrons. The maximum Gasteiger partial charge on any atom is 0.309 e. The molecule has 0 atom stereocenters. The third-order valence-corrected chi connectivity index (χ3v) is 0.687. The van der Waals surface area contributed by atoms with E-state index in [1.54, 1.807) is 0 Å². The van der Waals surface area contributed by atoms with Crippen molar-refractivity contribution in [3.8, 4) is 0 Å². The summed E-state index contributed by atoms with van der Waals surface area (Å²) in [5, 5.41) is 0.000000000000000222. The SMILES string of the molecule is NC(N)=O.NC(N)=S.Nc1nc(N)nc(N)n1. The Hall–Kier alpha value is -2.63. The van der Waals surface area contributed by atoms with Crippen LogP contribution in [0.5, 0.6) is 0 Å². The molecule has 12 heteroatoms. The van der Waals surface area contributed by atoms with Crippen molar-refractivity contribution in [1.29, 1.82) is 0 Å². The Morgan fingerprint density at radius 3 is 1.06 bits per heavy atom. The molecule has 17 heavy (non-hydrogen) atoms. The summed E-state index contributed by atoms with van der Waals surface area (Å²) in [5.41, 5.74) is 33.2. The summed E-state index contributed by atoms with van der Waals surface area (Å²) in [7, 11) is 0. The van der Waals surface area contributed by atoms with Crippen LogP contribution in [-0.2, 0) is 0 Å². The summed E-state index contributed by atoms with van der Waals surface area (Å²) in [6, 6.07) is -0.833. The lowest BCUT2D eigenvalue weighted by molar-refractivity contribution is 0.256. The Labute approximate surface area is 102 Å². The molecule has 0 spiro atoms. The highest BCUT2D eigenvalue weighted by Gasteiger charge is 1.93. The number of thiocarbonyl (C=S) groups is 1. The zero-order valence-corrected chi connectivity index (χ0v) is 9.52. The maximum atomic E-state index is 9.00. The predicted molar refractivity (Wildman–Crippen MR) is 67.8 cm³/mol. The number of carbonyl (C=O) groups excluding carboxylic acids is 1. The van der Waals surface area contributed by atoms with E-state index in [9.17, 15) is 0 Å². The number of carbonyl (C=O) groups is 1. The van der Waals surface area contributed by atoms with Gasteiger partial charge in [0.05, 0.1) is 0 Å². The zero-order chi connectivity index (χ0) is 14.0. The van der Waals surface area contributed by atoms with Gasteiger partial charge in [0.25, 0.3) is 0 Å². The van der Waals surface area contributed by atoms with Crippen LogP contribution in [0.1, 0.15) is 0 Å². The number of anilines is 3. The van der Waals surface area contributed by atoms with Gasteiger partial charge in [0.1, 0.15) is 0 Å². The largest absolute Gasteiger partial charge is 0.377 e. The van der Waals surface area contributed by atoms with Gasteiger partial charge in [-0.3, -0.25) is 0 Å². The highest BCUT2D eigenvalue weighted by Crippen LogP contribution is 1.97. The Morgan fingerprint density at radius 1 is 0.824 bits per heavy atom. The van der Waals surface area contributed by atoms with Crippen LogP contribution in [0.2, 0.25) is 0 Å². The molecule has 0 aliphatic heterocycles. The van der Waals surface area contributed by atoms with Gasteiger partial charge in [-0.15, -0.1) is 0 Å². The second-order valence-electron chi connectivity index (χ2n) is 2.21. The van der Waals surface area contributed by atoms with Crippen LogP contribution in [0.3, 0.4) is 0 Å². The second kappa shape index (κ2) is 8.66. The number of nitrogens with zero attached hydrogens (tertiary/aromatic N) is 3. The summed E-state index contributed by atoms with van der Waals surface area (Å²) >= 11 is 4.09. The molecule has 0 saturated carbocycles. The molecule has 0 unspecified atom stereocenters.